The smallest absolute Gasteiger partial charge is 0.410 e. The zero-order valence-corrected chi connectivity index (χ0v) is 17.2. The van der Waals surface area contributed by atoms with Crippen molar-refractivity contribution in [1.82, 2.24) is 4.90 Å². The van der Waals surface area contributed by atoms with E-state index in [1.807, 2.05) is 39.8 Å². The molecule has 0 aliphatic heterocycles. The van der Waals surface area contributed by atoms with Crippen LogP contribution in [0.1, 0.15) is 62.4 Å². The number of esters is 1. The van der Waals surface area contributed by atoms with Crippen LogP contribution in [0.3, 0.4) is 0 Å². The molecule has 1 aromatic carbocycles. The van der Waals surface area contributed by atoms with Gasteiger partial charge in [-0.1, -0.05) is 6.07 Å². The number of carbonyl (C=O) groups is 2. The fourth-order valence-electron chi connectivity index (χ4n) is 3.22. The molecule has 0 saturated heterocycles. The van der Waals surface area contributed by atoms with Crippen LogP contribution in [-0.4, -0.2) is 48.9 Å². The number of methoxy groups -OCH3 is 1. The number of hydrogen-bond donors (Lipinski definition) is 0. The molecule has 1 aliphatic carbocycles. The molecule has 0 radical (unpaired) electrons. The molecule has 1 amide bonds. The van der Waals surface area contributed by atoms with Crippen LogP contribution in [0.15, 0.2) is 18.2 Å². The zero-order chi connectivity index (χ0) is 20.2. The van der Waals surface area contributed by atoms with Gasteiger partial charge in [-0.2, -0.15) is 0 Å². The lowest BCUT2D eigenvalue weighted by molar-refractivity contribution is 0.0137. The Morgan fingerprint density at radius 2 is 1.74 bits per heavy atom. The molecule has 2 rings (SSSR count). The minimum atomic E-state index is -0.499. The second-order valence-electron chi connectivity index (χ2n) is 8.13. The third-order valence-electron chi connectivity index (χ3n) is 4.71. The first-order valence-corrected chi connectivity index (χ1v) is 9.42. The summed E-state index contributed by atoms with van der Waals surface area (Å²) in [7, 11) is 3.15. The SMILES string of the molecule is COC(=O)c1ccc(C)cc1OC1CCC(N(C)C(=O)OC(C)(C)C)CC1. The van der Waals surface area contributed by atoms with Gasteiger partial charge in [0.1, 0.15) is 16.9 Å². The van der Waals surface area contributed by atoms with Crippen molar-refractivity contribution in [2.45, 2.75) is 71.1 Å². The Labute approximate surface area is 161 Å². The van der Waals surface area contributed by atoms with Crippen molar-refractivity contribution in [3.05, 3.63) is 29.3 Å². The number of amides is 1. The summed E-state index contributed by atoms with van der Waals surface area (Å²) in [6.45, 7) is 7.55. The van der Waals surface area contributed by atoms with E-state index in [9.17, 15) is 9.59 Å². The highest BCUT2D eigenvalue weighted by atomic mass is 16.6. The van der Waals surface area contributed by atoms with Gasteiger partial charge in [-0.05, 0) is 71.1 Å². The number of hydrogen-bond acceptors (Lipinski definition) is 5. The first-order valence-electron chi connectivity index (χ1n) is 9.42. The molecule has 1 fully saturated rings. The third kappa shape index (κ3) is 5.88. The average molecular weight is 377 g/mol. The summed E-state index contributed by atoms with van der Waals surface area (Å²) < 4.78 is 16.4. The summed E-state index contributed by atoms with van der Waals surface area (Å²) in [5, 5.41) is 0. The Hall–Kier alpha value is -2.24. The quantitative estimate of drug-likeness (QED) is 0.731. The van der Waals surface area contributed by atoms with E-state index < -0.39 is 11.6 Å². The molecule has 27 heavy (non-hydrogen) atoms. The van der Waals surface area contributed by atoms with E-state index in [4.69, 9.17) is 14.2 Å². The van der Waals surface area contributed by atoms with Gasteiger partial charge < -0.3 is 19.1 Å². The van der Waals surface area contributed by atoms with Crippen LogP contribution in [-0.2, 0) is 9.47 Å². The van der Waals surface area contributed by atoms with Crippen LogP contribution < -0.4 is 4.74 Å². The summed E-state index contributed by atoms with van der Waals surface area (Å²) in [5.41, 5.74) is 0.966. The van der Waals surface area contributed by atoms with Gasteiger partial charge in [-0.3, -0.25) is 0 Å². The minimum absolute atomic E-state index is 0.0125. The van der Waals surface area contributed by atoms with E-state index in [-0.39, 0.29) is 18.2 Å². The van der Waals surface area contributed by atoms with Crippen molar-refractivity contribution in [2.75, 3.05) is 14.2 Å². The van der Waals surface area contributed by atoms with Crippen LogP contribution in [0, 0.1) is 6.92 Å². The van der Waals surface area contributed by atoms with Crippen molar-refractivity contribution >= 4 is 12.1 Å². The van der Waals surface area contributed by atoms with E-state index >= 15 is 0 Å². The highest BCUT2D eigenvalue weighted by Gasteiger charge is 2.30. The van der Waals surface area contributed by atoms with E-state index in [1.54, 1.807) is 18.0 Å². The van der Waals surface area contributed by atoms with E-state index in [1.165, 1.54) is 7.11 Å². The number of ether oxygens (including phenoxy) is 3. The molecule has 0 aromatic heterocycles. The van der Waals surface area contributed by atoms with Crippen LogP contribution >= 0.6 is 0 Å². The Morgan fingerprint density at radius 1 is 1.11 bits per heavy atom. The standard InChI is InChI=1S/C21H31NO5/c1-14-7-12-17(19(23)25-6)18(13-14)26-16-10-8-15(9-11-16)22(5)20(24)27-21(2,3)4/h7,12-13,15-16H,8-11H2,1-6H3. The van der Waals surface area contributed by atoms with Gasteiger partial charge in [0.15, 0.2) is 0 Å². The van der Waals surface area contributed by atoms with Crippen molar-refractivity contribution in [1.29, 1.82) is 0 Å². The summed E-state index contributed by atoms with van der Waals surface area (Å²) in [4.78, 5) is 25.9. The van der Waals surface area contributed by atoms with E-state index in [0.29, 0.717) is 11.3 Å². The maximum atomic E-state index is 12.2. The van der Waals surface area contributed by atoms with Gasteiger partial charge in [0, 0.05) is 13.1 Å². The van der Waals surface area contributed by atoms with Crippen LogP contribution in [0.4, 0.5) is 4.79 Å². The number of benzene rings is 1. The Kier molecular flexibility index (Phi) is 6.73. The number of carbonyl (C=O) groups excluding carboxylic acids is 2. The lowest BCUT2D eigenvalue weighted by atomic mass is 9.92. The number of nitrogens with zero attached hydrogens (tertiary/aromatic N) is 1. The summed E-state index contributed by atoms with van der Waals surface area (Å²) in [6.07, 6.45) is 3.01. The van der Waals surface area contributed by atoms with E-state index in [2.05, 4.69) is 0 Å². The fourth-order valence-corrected chi connectivity index (χ4v) is 3.22. The molecule has 150 valence electrons. The van der Waals surface area contributed by atoms with Crippen LogP contribution in [0.5, 0.6) is 5.75 Å². The molecule has 1 aliphatic rings. The number of aryl methyl sites for hydroxylation is 1. The summed E-state index contributed by atoms with van der Waals surface area (Å²) in [6, 6.07) is 5.60. The first-order chi connectivity index (χ1) is 12.6. The molecule has 0 bridgehead atoms. The Balaban J connectivity index is 1.96. The van der Waals surface area contributed by atoms with Crippen molar-refractivity contribution in [3.8, 4) is 5.75 Å². The summed E-state index contributed by atoms with van der Waals surface area (Å²) >= 11 is 0. The maximum absolute atomic E-state index is 12.2. The molecule has 0 spiro atoms. The van der Waals surface area contributed by atoms with Gasteiger partial charge in [0.2, 0.25) is 0 Å². The highest BCUT2D eigenvalue weighted by Crippen LogP contribution is 2.29. The molecule has 1 saturated carbocycles. The van der Waals surface area contributed by atoms with Crippen molar-refractivity contribution in [3.63, 3.8) is 0 Å². The van der Waals surface area contributed by atoms with Crippen LogP contribution in [0.25, 0.3) is 0 Å². The first kappa shape index (κ1) is 21.1. The average Bonchev–Trinajstić information content (AvgIpc) is 2.60. The second-order valence-corrected chi connectivity index (χ2v) is 8.13. The maximum Gasteiger partial charge on any atom is 0.410 e. The lowest BCUT2D eigenvalue weighted by Gasteiger charge is -2.35. The Morgan fingerprint density at radius 3 is 2.30 bits per heavy atom. The molecule has 6 heteroatoms. The lowest BCUT2D eigenvalue weighted by Crippen LogP contribution is -2.43. The van der Waals surface area contributed by atoms with Gasteiger partial charge in [0.05, 0.1) is 13.2 Å². The minimum Gasteiger partial charge on any atom is -0.490 e. The van der Waals surface area contributed by atoms with Crippen LogP contribution in [0.2, 0.25) is 0 Å². The topological polar surface area (TPSA) is 65.1 Å². The fraction of sp³-hybridized carbons (Fsp3) is 0.619. The monoisotopic (exact) mass is 377 g/mol. The molecular formula is C21H31NO5. The van der Waals surface area contributed by atoms with Gasteiger partial charge in [-0.15, -0.1) is 0 Å². The molecule has 0 unspecified atom stereocenters. The molecule has 1 aromatic rings. The third-order valence-corrected chi connectivity index (χ3v) is 4.71. The largest absolute Gasteiger partial charge is 0.490 e. The van der Waals surface area contributed by atoms with E-state index in [0.717, 1.165) is 31.2 Å². The second kappa shape index (κ2) is 8.63. The normalized spacial score (nSPS) is 19.9. The predicted octanol–water partition coefficient (Wildman–Crippen LogP) is 4.34. The molecule has 0 atom stereocenters. The van der Waals surface area contributed by atoms with Crippen molar-refractivity contribution < 1.29 is 23.8 Å². The van der Waals surface area contributed by atoms with Gasteiger partial charge in [0.25, 0.3) is 0 Å². The highest BCUT2D eigenvalue weighted by molar-refractivity contribution is 5.92. The number of rotatable bonds is 4. The molecule has 0 N–H and O–H groups in total. The van der Waals surface area contributed by atoms with Gasteiger partial charge in [-0.25, -0.2) is 9.59 Å². The van der Waals surface area contributed by atoms with Gasteiger partial charge >= 0.3 is 12.1 Å². The zero-order valence-electron chi connectivity index (χ0n) is 17.2. The summed E-state index contributed by atoms with van der Waals surface area (Å²) in [5.74, 6) is 0.161. The molecular weight excluding hydrogens is 346 g/mol. The predicted molar refractivity (Wildman–Crippen MR) is 103 cm³/mol. The molecule has 0 heterocycles. The van der Waals surface area contributed by atoms with Crippen molar-refractivity contribution in [2.24, 2.45) is 0 Å². The Bertz CT molecular complexity index is 672. The molecule has 6 nitrogen and oxygen atoms in total.